The molecule has 0 aliphatic heterocycles. The minimum atomic E-state index is 0.526. The summed E-state index contributed by atoms with van der Waals surface area (Å²) < 4.78 is 0. The number of fused-ring (bicyclic) bond motifs is 3. The fourth-order valence-corrected chi connectivity index (χ4v) is 2.97. The van der Waals surface area contributed by atoms with Crippen molar-refractivity contribution in [3.05, 3.63) is 59.2 Å². The minimum Gasteiger partial charge on any atom is -0.305 e. The summed E-state index contributed by atoms with van der Waals surface area (Å²) in [4.78, 5) is 2.22. The molecular formula is C17H19N. The van der Waals surface area contributed by atoms with Gasteiger partial charge < -0.3 is 4.90 Å². The van der Waals surface area contributed by atoms with Gasteiger partial charge in [-0.25, -0.2) is 0 Å². The van der Waals surface area contributed by atoms with Crippen molar-refractivity contribution < 1.29 is 0 Å². The Morgan fingerprint density at radius 3 is 2.44 bits per heavy atom. The molecule has 18 heavy (non-hydrogen) atoms. The monoisotopic (exact) mass is 237 g/mol. The van der Waals surface area contributed by atoms with Gasteiger partial charge in [-0.1, -0.05) is 49.4 Å². The smallest absolute Gasteiger partial charge is 0.0227 e. The Morgan fingerprint density at radius 1 is 0.944 bits per heavy atom. The first kappa shape index (κ1) is 11.5. The van der Waals surface area contributed by atoms with Gasteiger partial charge in [0.2, 0.25) is 0 Å². The summed E-state index contributed by atoms with van der Waals surface area (Å²) in [5, 5.41) is 0. The van der Waals surface area contributed by atoms with Crippen LogP contribution < -0.4 is 0 Å². The van der Waals surface area contributed by atoms with Crippen LogP contribution in [0.4, 0.5) is 0 Å². The van der Waals surface area contributed by atoms with E-state index in [4.69, 9.17) is 0 Å². The highest BCUT2D eigenvalue weighted by Gasteiger charge is 2.24. The fourth-order valence-electron chi connectivity index (χ4n) is 2.97. The molecule has 0 radical (unpaired) electrons. The molecule has 0 saturated carbocycles. The maximum atomic E-state index is 2.38. The molecule has 0 fully saturated rings. The van der Waals surface area contributed by atoms with Crippen LogP contribution in [0, 0.1) is 0 Å². The molecule has 0 heterocycles. The summed E-state index contributed by atoms with van der Waals surface area (Å²) in [6.07, 6.45) is 0. The fraction of sp³-hybridized carbons (Fsp3) is 0.294. The number of hydrogen-bond donors (Lipinski definition) is 0. The molecule has 1 nitrogen and oxygen atoms in total. The van der Waals surface area contributed by atoms with E-state index in [1.807, 2.05) is 0 Å². The lowest BCUT2D eigenvalue weighted by Gasteiger charge is -2.12. The quantitative estimate of drug-likeness (QED) is 0.766. The Morgan fingerprint density at radius 2 is 1.67 bits per heavy atom. The van der Waals surface area contributed by atoms with Gasteiger partial charge in [-0.15, -0.1) is 0 Å². The van der Waals surface area contributed by atoms with Gasteiger partial charge in [-0.05, 0) is 41.9 Å². The van der Waals surface area contributed by atoms with Crippen molar-refractivity contribution >= 4 is 0 Å². The molecular weight excluding hydrogens is 218 g/mol. The zero-order chi connectivity index (χ0) is 12.7. The summed E-state index contributed by atoms with van der Waals surface area (Å²) in [5.74, 6) is 0.526. The number of nitrogens with zero attached hydrogens (tertiary/aromatic N) is 1. The molecule has 0 amide bonds. The molecule has 1 aliphatic carbocycles. The molecule has 0 saturated heterocycles. The van der Waals surface area contributed by atoms with Crippen LogP contribution in [0.2, 0.25) is 0 Å². The largest absolute Gasteiger partial charge is 0.305 e. The predicted molar refractivity (Wildman–Crippen MR) is 76.8 cm³/mol. The Balaban J connectivity index is 2.08. The Kier molecular flexibility index (Phi) is 2.71. The molecule has 1 unspecified atom stereocenters. The molecule has 2 aromatic carbocycles. The lowest BCUT2D eigenvalue weighted by Crippen LogP contribution is -2.10. The summed E-state index contributed by atoms with van der Waals surface area (Å²) in [6, 6.07) is 15.7. The third-order valence-electron chi connectivity index (χ3n) is 3.80. The van der Waals surface area contributed by atoms with Crippen LogP contribution in [0.15, 0.2) is 42.5 Å². The first-order chi connectivity index (χ1) is 8.66. The highest BCUT2D eigenvalue weighted by molar-refractivity contribution is 5.78. The van der Waals surface area contributed by atoms with E-state index < -0.39 is 0 Å². The lowest BCUT2D eigenvalue weighted by molar-refractivity contribution is 0.402. The highest BCUT2D eigenvalue weighted by Crippen LogP contribution is 2.44. The molecule has 3 rings (SSSR count). The van der Waals surface area contributed by atoms with Crippen LogP contribution in [0.3, 0.4) is 0 Å². The van der Waals surface area contributed by atoms with Crippen molar-refractivity contribution in [3.63, 3.8) is 0 Å². The summed E-state index contributed by atoms with van der Waals surface area (Å²) in [7, 11) is 4.23. The third kappa shape index (κ3) is 1.75. The van der Waals surface area contributed by atoms with Crippen LogP contribution in [-0.2, 0) is 6.54 Å². The van der Waals surface area contributed by atoms with E-state index in [1.54, 1.807) is 0 Å². The van der Waals surface area contributed by atoms with Crippen LogP contribution >= 0.6 is 0 Å². The topological polar surface area (TPSA) is 3.24 Å². The highest BCUT2D eigenvalue weighted by atomic mass is 15.0. The van der Waals surface area contributed by atoms with Crippen molar-refractivity contribution in [2.24, 2.45) is 0 Å². The van der Waals surface area contributed by atoms with Crippen LogP contribution in [0.1, 0.15) is 29.5 Å². The van der Waals surface area contributed by atoms with Crippen molar-refractivity contribution in [3.8, 4) is 11.1 Å². The molecule has 1 heteroatoms. The molecule has 92 valence electrons. The maximum Gasteiger partial charge on any atom is 0.0227 e. The molecule has 1 aliphatic rings. The van der Waals surface area contributed by atoms with Gasteiger partial charge in [0.25, 0.3) is 0 Å². The molecule has 0 bridgehead atoms. The van der Waals surface area contributed by atoms with Crippen molar-refractivity contribution in [2.45, 2.75) is 19.4 Å². The van der Waals surface area contributed by atoms with Crippen molar-refractivity contribution in [1.82, 2.24) is 4.90 Å². The molecule has 2 aromatic rings. The van der Waals surface area contributed by atoms with Gasteiger partial charge in [-0.3, -0.25) is 0 Å². The van der Waals surface area contributed by atoms with E-state index >= 15 is 0 Å². The molecule has 0 aromatic heterocycles. The van der Waals surface area contributed by atoms with Crippen LogP contribution in [-0.4, -0.2) is 19.0 Å². The predicted octanol–water partition coefficient (Wildman–Crippen LogP) is 3.88. The SMILES string of the molecule is CC1c2ccccc2-c2ccc(CN(C)C)cc21. The Hall–Kier alpha value is -1.60. The minimum absolute atomic E-state index is 0.526. The van der Waals surface area contributed by atoms with Gasteiger partial charge in [0.1, 0.15) is 0 Å². The van der Waals surface area contributed by atoms with E-state index in [0.29, 0.717) is 5.92 Å². The van der Waals surface area contributed by atoms with E-state index in [1.165, 1.54) is 27.8 Å². The third-order valence-corrected chi connectivity index (χ3v) is 3.80. The van der Waals surface area contributed by atoms with Crippen LogP contribution in [0.5, 0.6) is 0 Å². The number of benzene rings is 2. The van der Waals surface area contributed by atoms with E-state index in [-0.39, 0.29) is 0 Å². The number of rotatable bonds is 2. The first-order valence-electron chi connectivity index (χ1n) is 6.53. The van der Waals surface area contributed by atoms with E-state index in [9.17, 15) is 0 Å². The first-order valence-corrected chi connectivity index (χ1v) is 6.53. The van der Waals surface area contributed by atoms with Crippen LogP contribution in [0.25, 0.3) is 11.1 Å². The van der Waals surface area contributed by atoms with Gasteiger partial charge in [0, 0.05) is 12.5 Å². The Bertz CT molecular complexity index is 584. The molecule has 0 spiro atoms. The normalized spacial score (nSPS) is 16.8. The standard InChI is InChI=1S/C17H19N/c1-12-14-6-4-5-7-15(14)16-9-8-13(10-17(12)16)11-18(2)3/h4-10,12H,11H2,1-3H3. The maximum absolute atomic E-state index is 2.38. The number of hydrogen-bond acceptors (Lipinski definition) is 1. The van der Waals surface area contributed by atoms with Gasteiger partial charge in [0.15, 0.2) is 0 Å². The van der Waals surface area contributed by atoms with Gasteiger partial charge in [0.05, 0.1) is 0 Å². The summed E-state index contributed by atoms with van der Waals surface area (Å²) in [5.41, 5.74) is 7.18. The second kappa shape index (κ2) is 4.25. The van der Waals surface area contributed by atoms with E-state index in [0.717, 1.165) is 6.54 Å². The molecule has 1 atom stereocenters. The molecule has 0 N–H and O–H groups in total. The van der Waals surface area contributed by atoms with Crippen molar-refractivity contribution in [2.75, 3.05) is 14.1 Å². The average molecular weight is 237 g/mol. The lowest BCUT2D eigenvalue weighted by atomic mass is 9.98. The zero-order valence-electron chi connectivity index (χ0n) is 11.3. The average Bonchev–Trinajstić information content (AvgIpc) is 2.63. The summed E-state index contributed by atoms with van der Waals surface area (Å²) in [6.45, 7) is 3.32. The second-order valence-corrected chi connectivity index (χ2v) is 5.47. The Labute approximate surface area is 109 Å². The van der Waals surface area contributed by atoms with Gasteiger partial charge in [-0.2, -0.15) is 0 Å². The van der Waals surface area contributed by atoms with Gasteiger partial charge >= 0.3 is 0 Å². The zero-order valence-corrected chi connectivity index (χ0v) is 11.3. The van der Waals surface area contributed by atoms with Crippen molar-refractivity contribution in [1.29, 1.82) is 0 Å². The summed E-state index contributed by atoms with van der Waals surface area (Å²) >= 11 is 0. The van der Waals surface area contributed by atoms with E-state index in [2.05, 4.69) is 68.4 Å². The second-order valence-electron chi connectivity index (χ2n) is 5.47.